The molecule has 0 aliphatic heterocycles. The van der Waals surface area contributed by atoms with Gasteiger partial charge in [-0.1, -0.05) is 29.3 Å². The smallest absolute Gasteiger partial charge is 0.124 e. The second kappa shape index (κ2) is 6.82. The fraction of sp³-hybridized carbons (Fsp3) is 0.188. The Balaban J connectivity index is 2.19. The van der Waals surface area contributed by atoms with E-state index < -0.39 is 0 Å². The summed E-state index contributed by atoms with van der Waals surface area (Å²) in [7, 11) is 0. The van der Waals surface area contributed by atoms with Gasteiger partial charge in [-0.2, -0.15) is 5.26 Å². The zero-order valence-corrected chi connectivity index (χ0v) is 12.9. The van der Waals surface area contributed by atoms with Gasteiger partial charge in [-0.25, -0.2) is 0 Å². The molecule has 2 rings (SSSR count). The minimum atomic E-state index is -0.185. The van der Waals surface area contributed by atoms with Gasteiger partial charge < -0.3 is 10.5 Å². The Morgan fingerprint density at radius 2 is 2.00 bits per heavy atom. The third-order valence-electron chi connectivity index (χ3n) is 3.03. The maximum atomic E-state index is 8.82. The van der Waals surface area contributed by atoms with Crippen LogP contribution in [0.5, 0.6) is 5.75 Å². The van der Waals surface area contributed by atoms with E-state index in [9.17, 15) is 0 Å². The summed E-state index contributed by atoms with van der Waals surface area (Å²) in [5.41, 5.74) is 8.09. The van der Waals surface area contributed by atoms with Gasteiger partial charge in [-0.05, 0) is 37.3 Å². The van der Waals surface area contributed by atoms with Gasteiger partial charge in [0.05, 0.1) is 11.6 Å². The molecule has 0 radical (unpaired) electrons. The number of rotatable bonds is 4. The van der Waals surface area contributed by atoms with Gasteiger partial charge in [-0.3, -0.25) is 0 Å². The molecule has 108 valence electrons. The van der Waals surface area contributed by atoms with Crippen LogP contribution >= 0.6 is 23.2 Å². The highest BCUT2D eigenvalue weighted by molar-refractivity contribution is 6.31. The predicted octanol–water partition coefficient (Wildman–Crippen LogP) is 4.46. The van der Waals surface area contributed by atoms with E-state index in [4.69, 9.17) is 38.9 Å². The van der Waals surface area contributed by atoms with Crippen molar-refractivity contribution >= 4 is 23.2 Å². The quantitative estimate of drug-likeness (QED) is 0.904. The van der Waals surface area contributed by atoms with Crippen molar-refractivity contribution in [3.63, 3.8) is 0 Å². The maximum Gasteiger partial charge on any atom is 0.124 e. The molecule has 0 amide bonds. The lowest BCUT2D eigenvalue weighted by Gasteiger charge is -2.15. The Morgan fingerprint density at radius 3 is 2.62 bits per heavy atom. The molecule has 0 aromatic heterocycles. The van der Waals surface area contributed by atoms with Crippen LogP contribution in [0.3, 0.4) is 0 Å². The first-order valence-electron chi connectivity index (χ1n) is 6.37. The maximum absolute atomic E-state index is 8.82. The molecule has 0 saturated carbocycles. The zero-order chi connectivity index (χ0) is 15.4. The average Bonchev–Trinajstić information content (AvgIpc) is 2.46. The highest BCUT2D eigenvalue weighted by Crippen LogP contribution is 2.28. The van der Waals surface area contributed by atoms with E-state index >= 15 is 0 Å². The number of halogens is 2. The molecule has 1 unspecified atom stereocenters. The van der Waals surface area contributed by atoms with Crippen LogP contribution < -0.4 is 10.5 Å². The lowest BCUT2D eigenvalue weighted by atomic mass is 10.1. The standard InChI is InChI=1S/C16H14Cl2N2O/c1-10(20)14-7-13(17)4-5-16(14)21-9-12-3-2-11(8-19)6-15(12)18/h2-7,10H,9,20H2,1H3. The Hall–Kier alpha value is -1.73. The molecule has 0 aliphatic rings. The molecule has 0 heterocycles. The number of nitrogens with zero attached hydrogens (tertiary/aromatic N) is 1. The van der Waals surface area contributed by atoms with Crippen LogP contribution in [0.2, 0.25) is 10.0 Å². The largest absolute Gasteiger partial charge is 0.489 e. The molecule has 5 heteroatoms. The van der Waals surface area contributed by atoms with Crippen molar-refractivity contribution < 1.29 is 4.74 Å². The number of ether oxygens (including phenoxy) is 1. The zero-order valence-electron chi connectivity index (χ0n) is 11.4. The molecule has 21 heavy (non-hydrogen) atoms. The minimum absolute atomic E-state index is 0.185. The van der Waals surface area contributed by atoms with Crippen molar-refractivity contribution in [2.45, 2.75) is 19.6 Å². The Morgan fingerprint density at radius 1 is 1.24 bits per heavy atom. The van der Waals surface area contributed by atoms with Crippen LogP contribution in [-0.2, 0) is 6.61 Å². The molecule has 3 nitrogen and oxygen atoms in total. The van der Waals surface area contributed by atoms with Gasteiger partial charge >= 0.3 is 0 Å². The lowest BCUT2D eigenvalue weighted by molar-refractivity contribution is 0.301. The third-order valence-corrected chi connectivity index (χ3v) is 3.61. The van der Waals surface area contributed by atoms with Crippen LogP contribution in [0, 0.1) is 11.3 Å². The van der Waals surface area contributed by atoms with Crippen LogP contribution in [0.25, 0.3) is 0 Å². The van der Waals surface area contributed by atoms with Crippen molar-refractivity contribution in [1.82, 2.24) is 0 Å². The van der Waals surface area contributed by atoms with Gasteiger partial charge in [0, 0.05) is 27.2 Å². The van der Waals surface area contributed by atoms with E-state index in [0.29, 0.717) is 28.0 Å². The summed E-state index contributed by atoms with van der Waals surface area (Å²) in [5, 5.41) is 9.94. The van der Waals surface area contributed by atoms with E-state index in [1.165, 1.54) is 0 Å². The number of nitrogens with two attached hydrogens (primary N) is 1. The molecule has 0 saturated heterocycles. The number of hydrogen-bond donors (Lipinski definition) is 1. The Kier molecular flexibility index (Phi) is 5.08. The summed E-state index contributed by atoms with van der Waals surface area (Å²) in [4.78, 5) is 0. The predicted molar refractivity (Wildman–Crippen MR) is 84.6 cm³/mol. The summed E-state index contributed by atoms with van der Waals surface area (Å²) in [6.45, 7) is 2.17. The van der Waals surface area contributed by atoms with Gasteiger partial charge in [0.1, 0.15) is 12.4 Å². The van der Waals surface area contributed by atoms with E-state index in [1.54, 1.807) is 36.4 Å². The topological polar surface area (TPSA) is 59.0 Å². The fourth-order valence-corrected chi connectivity index (χ4v) is 2.31. The molecule has 2 aromatic rings. The first-order chi connectivity index (χ1) is 10.0. The monoisotopic (exact) mass is 320 g/mol. The van der Waals surface area contributed by atoms with Gasteiger partial charge in [-0.15, -0.1) is 0 Å². The van der Waals surface area contributed by atoms with Crippen molar-refractivity contribution in [3.8, 4) is 11.8 Å². The molecule has 0 aliphatic carbocycles. The minimum Gasteiger partial charge on any atom is -0.489 e. The normalized spacial score (nSPS) is 11.8. The summed E-state index contributed by atoms with van der Waals surface area (Å²) in [6, 6.07) is 12.3. The molecular weight excluding hydrogens is 307 g/mol. The van der Waals surface area contributed by atoms with E-state index in [0.717, 1.165) is 11.1 Å². The summed E-state index contributed by atoms with van der Waals surface area (Å²) in [5.74, 6) is 0.676. The first kappa shape index (κ1) is 15.7. The van der Waals surface area contributed by atoms with Crippen LogP contribution in [-0.4, -0.2) is 0 Å². The van der Waals surface area contributed by atoms with Crippen molar-refractivity contribution in [2.75, 3.05) is 0 Å². The third kappa shape index (κ3) is 3.89. The molecule has 0 bridgehead atoms. The van der Waals surface area contributed by atoms with Gasteiger partial charge in [0.2, 0.25) is 0 Å². The molecule has 2 N–H and O–H groups in total. The van der Waals surface area contributed by atoms with Crippen molar-refractivity contribution in [1.29, 1.82) is 5.26 Å². The summed E-state index contributed by atoms with van der Waals surface area (Å²) >= 11 is 12.1. The van der Waals surface area contributed by atoms with Crippen molar-refractivity contribution in [2.24, 2.45) is 5.73 Å². The van der Waals surface area contributed by atoms with Crippen LogP contribution in [0.15, 0.2) is 36.4 Å². The number of nitriles is 1. The van der Waals surface area contributed by atoms with Gasteiger partial charge in [0.15, 0.2) is 0 Å². The molecule has 2 aromatic carbocycles. The van der Waals surface area contributed by atoms with E-state index in [-0.39, 0.29) is 6.04 Å². The highest BCUT2D eigenvalue weighted by atomic mass is 35.5. The lowest BCUT2D eigenvalue weighted by Crippen LogP contribution is -2.08. The van der Waals surface area contributed by atoms with Crippen molar-refractivity contribution in [3.05, 3.63) is 63.1 Å². The fourth-order valence-electron chi connectivity index (χ4n) is 1.90. The molecular formula is C16H14Cl2N2O. The average molecular weight is 321 g/mol. The Bertz CT molecular complexity index is 693. The van der Waals surface area contributed by atoms with E-state index in [1.807, 2.05) is 13.0 Å². The highest BCUT2D eigenvalue weighted by Gasteiger charge is 2.10. The summed E-state index contributed by atoms with van der Waals surface area (Å²) < 4.78 is 5.79. The first-order valence-corrected chi connectivity index (χ1v) is 7.13. The second-order valence-electron chi connectivity index (χ2n) is 4.68. The van der Waals surface area contributed by atoms with Gasteiger partial charge in [0.25, 0.3) is 0 Å². The molecule has 0 fully saturated rings. The van der Waals surface area contributed by atoms with Crippen LogP contribution in [0.1, 0.15) is 29.7 Å². The summed E-state index contributed by atoms with van der Waals surface area (Å²) in [6.07, 6.45) is 0. The number of hydrogen-bond acceptors (Lipinski definition) is 3. The number of benzene rings is 2. The molecule has 0 spiro atoms. The SMILES string of the molecule is CC(N)c1cc(Cl)ccc1OCc1ccc(C#N)cc1Cl. The second-order valence-corrected chi connectivity index (χ2v) is 5.52. The van der Waals surface area contributed by atoms with E-state index in [2.05, 4.69) is 0 Å². The Labute approximate surface area is 133 Å². The molecule has 1 atom stereocenters. The van der Waals surface area contributed by atoms with Crippen LogP contribution in [0.4, 0.5) is 0 Å².